The maximum Gasteiger partial charge on any atom is 0.343 e. The molecule has 0 bridgehead atoms. The summed E-state index contributed by atoms with van der Waals surface area (Å²) >= 11 is 0. The van der Waals surface area contributed by atoms with Gasteiger partial charge in [-0.2, -0.15) is 0 Å². The van der Waals surface area contributed by atoms with Crippen molar-refractivity contribution in [2.45, 2.75) is 135 Å². The zero-order valence-corrected chi connectivity index (χ0v) is 28.8. The predicted octanol–water partition coefficient (Wildman–Crippen LogP) is 8.02. The maximum absolute atomic E-state index is 16.0. The van der Waals surface area contributed by atoms with Crippen molar-refractivity contribution in [1.82, 2.24) is 0 Å². The van der Waals surface area contributed by atoms with Gasteiger partial charge in [-0.25, -0.2) is 17.6 Å². The summed E-state index contributed by atoms with van der Waals surface area (Å²) in [5.41, 5.74) is 0.331. The average molecular weight is 664 g/mol. The average Bonchev–Trinajstić information content (AvgIpc) is 3.68. The van der Waals surface area contributed by atoms with Crippen molar-refractivity contribution in [2.75, 3.05) is 0 Å². The molecule has 0 N–H and O–H groups in total. The number of hydrogen-bond acceptors (Lipinski definition) is 9. The second kappa shape index (κ2) is 15.4. The number of carbonyl (C=O) groups excluding carboxylic acids is 1. The molecule has 2 aromatic rings. The van der Waals surface area contributed by atoms with E-state index in [0.29, 0.717) is 0 Å². The van der Waals surface area contributed by atoms with Gasteiger partial charge in [-0.1, -0.05) is 67.2 Å². The smallest absolute Gasteiger partial charge is 0.343 e. The Labute approximate surface area is 272 Å². The lowest BCUT2D eigenvalue weighted by atomic mass is 10.0. The molecule has 0 aromatic heterocycles. The van der Waals surface area contributed by atoms with Gasteiger partial charge in [-0.15, -0.1) is 0 Å². The van der Waals surface area contributed by atoms with Gasteiger partial charge in [0.2, 0.25) is 18.3 Å². The standard InChI is InChI=1S/C35H49FO9S/c1-20(2)27-19-29(23(7)16-31(27)46(38,39)40)43-33(37)24-17-28(36)32(45-35(22(5)6)42-26-14-10-11-15-26)30(18-24)44-34(21(3)4)41-25-12-8-9-13-25/h16-22,25-26,34-35H,8-15H2,1-7H3,(H,38,39,40)/p-1. The highest BCUT2D eigenvalue weighted by Gasteiger charge is 2.31. The highest BCUT2D eigenvalue weighted by atomic mass is 32.2. The topological polar surface area (TPSA) is 120 Å². The first-order chi connectivity index (χ1) is 21.6. The second-order valence-electron chi connectivity index (χ2n) is 13.5. The number of hydrogen-bond donors (Lipinski definition) is 0. The molecule has 46 heavy (non-hydrogen) atoms. The summed E-state index contributed by atoms with van der Waals surface area (Å²) in [6, 6.07) is 4.95. The number of halogens is 1. The zero-order valence-electron chi connectivity index (χ0n) is 28.0. The van der Waals surface area contributed by atoms with E-state index in [9.17, 15) is 17.8 Å². The first-order valence-electron chi connectivity index (χ1n) is 16.4. The predicted molar refractivity (Wildman–Crippen MR) is 170 cm³/mol. The molecule has 0 heterocycles. The van der Waals surface area contributed by atoms with Gasteiger partial charge in [-0.3, -0.25) is 0 Å². The van der Waals surface area contributed by atoms with E-state index in [-0.39, 0.29) is 68.8 Å². The lowest BCUT2D eigenvalue weighted by Crippen LogP contribution is -2.33. The van der Waals surface area contributed by atoms with Crippen LogP contribution in [0.5, 0.6) is 17.2 Å². The number of ether oxygens (including phenoxy) is 5. The highest BCUT2D eigenvalue weighted by Crippen LogP contribution is 2.38. The lowest BCUT2D eigenvalue weighted by molar-refractivity contribution is -0.152. The molecule has 2 aromatic carbocycles. The van der Waals surface area contributed by atoms with Crippen molar-refractivity contribution < 1.29 is 45.8 Å². The summed E-state index contributed by atoms with van der Waals surface area (Å²) < 4.78 is 82.4. The van der Waals surface area contributed by atoms with Crippen LogP contribution in [0.1, 0.15) is 120 Å². The molecular formula is C35H48FO9S-. The molecule has 2 unspecified atom stereocenters. The van der Waals surface area contributed by atoms with Gasteiger partial charge >= 0.3 is 5.97 Å². The minimum absolute atomic E-state index is 0.0166. The number of rotatable bonds is 14. The fourth-order valence-electron chi connectivity index (χ4n) is 5.81. The third-order valence-electron chi connectivity index (χ3n) is 8.47. The van der Waals surface area contributed by atoms with E-state index in [4.69, 9.17) is 23.7 Å². The Morgan fingerprint density at radius 3 is 1.80 bits per heavy atom. The molecule has 2 fully saturated rings. The van der Waals surface area contributed by atoms with E-state index < -0.39 is 34.5 Å². The van der Waals surface area contributed by atoms with Crippen molar-refractivity contribution in [3.8, 4) is 17.2 Å². The third-order valence-corrected chi connectivity index (χ3v) is 9.36. The first kappa shape index (κ1) is 36.1. The van der Waals surface area contributed by atoms with Crippen LogP contribution >= 0.6 is 0 Å². The molecule has 2 atom stereocenters. The van der Waals surface area contributed by atoms with E-state index in [0.717, 1.165) is 57.4 Å². The lowest BCUT2D eigenvalue weighted by Gasteiger charge is -2.30. The van der Waals surface area contributed by atoms with E-state index in [1.54, 1.807) is 13.8 Å². The summed E-state index contributed by atoms with van der Waals surface area (Å²) in [5.74, 6) is -2.43. The Morgan fingerprint density at radius 1 is 0.804 bits per heavy atom. The monoisotopic (exact) mass is 663 g/mol. The maximum atomic E-state index is 16.0. The first-order valence-corrected chi connectivity index (χ1v) is 17.8. The summed E-state index contributed by atoms with van der Waals surface area (Å²) in [4.78, 5) is 13.1. The molecule has 0 spiro atoms. The van der Waals surface area contributed by atoms with Gasteiger partial charge < -0.3 is 28.2 Å². The van der Waals surface area contributed by atoms with Crippen molar-refractivity contribution in [3.05, 3.63) is 46.8 Å². The highest BCUT2D eigenvalue weighted by molar-refractivity contribution is 7.85. The van der Waals surface area contributed by atoms with Crippen LogP contribution in [-0.4, -0.2) is 43.7 Å². The minimum atomic E-state index is -4.76. The van der Waals surface area contributed by atoms with Crippen LogP contribution in [-0.2, 0) is 19.6 Å². The Bertz CT molecular complexity index is 1460. The molecule has 2 aliphatic rings. The van der Waals surface area contributed by atoms with E-state index in [2.05, 4.69) is 0 Å². The van der Waals surface area contributed by atoms with Gasteiger partial charge in [0.15, 0.2) is 11.6 Å². The van der Waals surface area contributed by atoms with Gasteiger partial charge in [-0.05, 0) is 73.9 Å². The second-order valence-corrected chi connectivity index (χ2v) is 14.8. The van der Waals surface area contributed by atoms with Gasteiger partial charge in [0.05, 0.1) is 22.7 Å². The van der Waals surface area contributed by atoms with Crippen LogP contribution < -0.4 is 14.2 Å². The van der Waals surface area contributed by atoms with Crippen LogP contribution in [0.2, 0.25) is 0 Å². The van der Waals surface area contributed by atoms with Crippen LogP contribution in [0.25, 0.3) is 0 Å². The third kappa shape index (κ3) is 9.20. The SMILES string of the molecule is Cc1cc(S(=O)(=O)[O-])c(C(C)C)cc1OC(=O)c1cc(F)c(OC(OC2CCCC2)C(C)C)c(OC(OC2CCCC2)C(C)C)c1. The largest absolute Gasteiger partial charge is 0.744 e. The summed E-state index contributed by atoms with van der Waals surface area (Å²) in [6.45, 7) is 12.7. The zero-order chi connectivity index (χ0) is 33.8. The van der Waals surface area contributed by atoms with Crippen LogP contribution in [0, 0.1) is 24.6 Å². The number of benzene rings is 2. The van der Waals surface area contributed by atoms with E-state index >= 15 is 4.39 Å². The normalized spacial score (nSPS) is 17.7. The van der Waals surface area contributed by atoms with Crippen molar-refractivity contribution in [3.63, 3.8) is 0 Å². The summed E-state index contributed by atoms with van der Waals surface area (Å²) in [5, 5.41) is 0. The van der Waals surface area contributed by atoms with Crippen LogP contribution in [0.3, 0.4) is 0 Å². The van der Waals surface area contributed by atoms with Crippen molar-refractivity contribution >= 4 is 16.1 Å². The van der Waals surface area contributed by atoms with Gasteiger partial charge in [0.1, 0.15) is 15.9 Å². The molecule has 9 nitrogen and oxygen atoms in total. The Balaban J connectivity index is 1.70. The minimum Gasteiger partial charge on any atom is -0.744 e. The van der Waals surface area contributed by atoms with Gasteiger partial charge in [0, 0.05) is 11.8 Å². The fraction of sp³-hybridized carbons (Fsp3) is 0.629. The Hall–Kier alpha value is -2.73. The molecule has 0 amide bonds. The van der Waals surface area contributed by atoms with Crippen LogP contribution in [0.4, 0.5) is 4.39 Å². The molecule has 0 aliphatic heterocycles. The summed E-state index contributed by atoms with van der Waals surface area (Å²) in [6.07, 6.45) is 6.45. The van der Waals surface area contributed by atoms with E-state index in [1.807, 2.05) is 27.7 Å². The molecule has 2 saturated carbocycles. The number of aryl methyl sites for hydroxylation is 1. The Morgan fingerprint density at radius 2 is 1.33 bits per heavy atom. The van der Waals surface area contributed by atoms with Crippen LogP contribution in [0.15, 0.2) is 29.2 Å². The molecule has 0 radical (unpaired) electrons. The molecular weight excluding hydrogens is 615 g/mol. The molecule has 11 heteroatoms. The molecule has 2 aliphatic carbocycles. The fourth-order valence-corrected chi connectivity index (χ4v) is 6.72. The molecule has 256 valence electrons. The van der Waals surface area contributed by atoms with Gasteiger partial charge in [0.25, 0.3) is 0 Å². The number of esters is 1. The molecule has 4 rings (SSSR count). The Kier molecular flexibility index (Phi) is 12.1. The quantitative estimate of drug-likeness (QED) is 0.0856. The van der Waals surface area contributed by atoms with E-state index in [1.165, 1.54) is 25.1 Å². The van der Waals surface area contributed by atoms with Crippen molar-refractivity contribution in [2.24, 2.45) is 11.8 Å². The molecule has 0 saturated heterocycles. The van der Waals surface area contributed by atoms with Crippen molar-refractivity contribution in [1.29, 1.82) is 0 Å². The summed E-state index contributed by atoms with van der Waals surface area (Å²) in [7, 11) is -4.76. The number of carbonyl (C=O) groups is 1.